The average Bonchev–Trinajstić information content (AvgIpc) is 3.41. The minimum Gasteiger partial charge on any atom is -0.497 e. The SMILES string of the molecule is COc1ccc(Nc2c(-c3ccsc3)c(C)nn2-c2ccc(S(C)(=O)=O)cc2)c(C(=O)O)c1. The molecule has 0 radical (unpaired) electrons. The topological polar surface area (TPSA) is 111 Å². The van der Waals surface area contributed by atoms with Crippen LogP contribution in [0.3, 0.4) is 0 Å². The fourth-order valence-corrected chi connectivity index (χ4v) is 4.76. The molecule has 0 unspecified atom stereocenters. The first kappa shape index (κ1) is 22.6. The molecule has 170 valence electrons. The monoisotopic (exact) mass is 483 g/mol. The number of carboxylic acids is 1. The number of nitrogens with zero attached hydrogens (tertiary/aromatic N) is 2. The number of rotatable bonds is 7. The number of thiophene rings is 1. The fraction of sp³-hybridized carbons (Fsp3) is 0.130. The second-order valence-electron chi connectivity index (χ2n) is 7.34. The second-order valence-corrected chi connectivity index (χ2v) is 10.1. The second kappa shape index (κ2) is 8.72. The van der Waals surface area contributed by atoms with Gasteiger partial charge in [-0.15, -0.1) is 0 Å². The van der Waals surface area contributed by atoms with Crippen LogP contribution in [0.15, 0.2) is 64.2 Å². The predicted molar refractivity (Wildman–Crippen MR) is 128 cm³/mol. The Balaban J connectivity index is 1.89. The minimum absolute atomic E-state index is 0.0449. The van der Waals surface area contributed by atoms with E-state index < -0.39 is 15.8 Å². The Bertz CT molecular complexity index is 1420. The molecular weight excluding hydrogens is 462 g/mol. The third-order valence-corrected chi connectivity index (χ3v) is 6.90. The normalized spacial score (nSPS) is 11.4. The van der Waals surface area contributed by atoms with E-state index in [0.29, 0.717) is 22.9 Å². The molecule has 0 saturated heterocycles. The zero-order chi connectivity index (χ0) is 23.8. The number of carbonyl (C=O) groups is 1. The molecule has 2 aromatic heterocycles. The van der Waals surface area contributed by atoms with Crippen LogP contribution in [0.25, 0.3) is 16.8 Å². The minimum atomic E-state index is -3.34. The Morgan fingerprint density at radius 1 is 1.15 bits per heavy atom. The maximum Gasteiger partial charge on any atom is 0.337 e. The third-order valence-electron chi connectivity index (χ3n) is 5.09. The first-order valence-electron chi connectivity index (χ1n) is 9.80. The van der Waals surface area contributed by atoms with Crippen molar-refractivity contribution in [2.75, 3.05) is 18.7 Å². The Morgan fingerprint density at radius 3 is 2.45 bits per heavy atom. The van der Waals surface area contributed by atoms with Gasteiger partial charge in [0.15, 0.2) is 9.84 Å². The number of aromatic nitrogens is 2. The number of aromatic carboxylic acids is 1. The van der Waals surface area contributed by atoms with Gasteiger partial charge in [0.05, 0.1) is 34.6 Å². The standard InChI is InChI=1S/C23H21N3O5S2/c1-14-21(15-10-11-32-13-15)22(24-20-9-6-17(31-2)12-19(20)23(27)28)26(25-14)16-4-7-18(8-5-16)33(3,29)30/h4-13,24H,1-3H3,(H,27,28). The zero-order valence-corrected chi connectivity index (χ0v) is 19.7. The maximum absolute atomic E-state index is 11.9. The van der Waals surface area contributed by atoms with Crippen LogP contribution in [-0.2, 0) is 9.84 Å². The van der Waals surface area contributed by atoms with Gasteiger partial charge in [0, 0.05) is 11.8 Å². The van der Waals surface area contributed by atoms with Crippen LogP contribution in [0.1, 0.15) is 16.1 Å². The lowest BCUT2D eigenvalue weighted by atomic mass is 10.1. The van der Waals surface area contributed by atoms with E-state index in [9.17, 15) is 18.3 Å². The number of hydrogen-bond acceptors (Lipinski definition) is 7. The molecule has 4 rings (SSSR count). The van der Waals surface area contributed by atoms with Gasteiger partial charge in [-0.2, -0.15) is 16.4 Å². The highest BCUT2D eigenvalue weighted by molar-refractivity contribution is 7.90. The average molecular weight is 484 g/mol. The number of anilines is 2. The van der Waals surface area contributed by atoms with Gasteiger partial charge in [-0.3, -0.25) is 0 Å². The first-order valence-corrected chi connectivity index (χ1v) is 12.6. The molecule has 10 heteroatoms. The quantitative estimate of drug-likeness (QED) is 0.390. The Morgan fingerprint density at radius 2 is 1.88 bits per heavy atom. The number of nitrogens with one attached hydrogen (secondary N) is 1. The highest BCUT2D eigenvalue weighted by Gasteiger charge is 2.21. The number of carboxylic acid groups (broad SMARTS) is 1. The largest absolute Gasteiger partial charge is 0.497 e. The lowest BCUT2D eigenvalue weighted by molar-refractivity contribution is 0.0697. The predicted octanol–water partition coefficient (Wildman–Crippen LogP) is 4.76. The van der Waals surface area contributed by atoms with Crippen LogP contribution in [0.2, 0.25) is 0 Å². The molecule has 0 spiro atoms. The van der Waals surface area contributed by atoms with Crippen LogP contribution < -0.4 is 10.1 Å². The van der Waals surface area contributed by atoms with Crippen molar-refractivity contribution >= 4 is 38.6 Å². The molecule has 0 amide bonds. The van der Waals surface area contributed by atoms with Crippen molar-refractivity contribution in [3.8, 4) is 22.6 Å². The van der Waals surface area contributed by atoms with Gasteiger partial charge in [0.25, 0.3) is 0 Å². The molecule has 8 nitrogen and oxygen atoms in total. The van der Waals surface area contributed by atoms with E-state index >= 15 is 0 Å². The van der Waals surface area contributed by atoms with Crippen LogP contribution in [0.4, 0.5) is 11.5 Å². The van der Waals surface area contributed by atoms with Crippen molar-refractivity contribution in [1.29, 1.82) is 0 Å². The Kier molecular flexibility index (Phi) is 5.96. The molecule has 0 fully saturated rings. The number of hydrogen-bond donors (Lipinski definition) is 2. The third kappa shape index (κ3) is 4.48. The number of ether oxygens (including phenoxy) is 1. The molecule has 0 atom stereocenters. The summed E-state index contributed by atoms with van der Waals surface area (Å²) >= 11 is 1.54. The van der Waals surface area contributed by atoms with Gasteiger partial charge in [0.2, 0.25) is 0 Å². The van der Waals surface area contributed by atoms with Gasteiger partial charge in [-0.25, -0.2) is 17.9 Å². The van der Waals surface area contributed by atoms with Crippen LogP contribution in [-0.4, -0.2) is 42.6 Å². The van der Waals surface area contributed by atoms with Gasteiger partial charge >= 0.3 is 5.97 Å². The summed E-state index contributed by atoms with van der Waals surface area (Å²) in [4.78, 5) is 12.1. The summed E-state index contributed by atoms with van der Waals surface area (Å²) in [6.07, 6.45) is 1.15. The van der Waals surface area contributed by atoms with Crippen molar-refractivity contribution in [3.63, 3.8) is 0 Å². The maximum atomic E-state index is 11.9. The Labute approximate surface area is 195 Å². The molecule has 0 aliphatic carbocycles. The van der Waals surface area contributed by atoms with E-state index in [0.717, 1.165) is 23.1 Å². The number of aryl methyl sites for hydroxylation is 1. The van der Waals surface area contributed by atoms with Crippen LogP contribution in [0.5, 0.6) is 5.75 Å². The number of benzene rings is 2. The van der Waals surface area contributed by atoms with Crippen molar-refractivity contribution in [2.45, 2.75) is 11.8 Å². The summed E-state index contributed by atoms with van der Waals surface area (Å²) in [7, 11) is -1.87. The molecule has 4 aromatic rings. The molecule has 2 N–H and O–H groups in total. The molecular formula is C23H21N3O5S2. The summed E-state index contributed by atoms with van der Waals surface area (Å²) < 4.78 is 30.5. The van der Waals surface area contributed by atoms with Gasteiger partial charge in [0.1, 0.15) is 11.6 Å². The van der Waals surface area contributed by atoms with E-state index in [4.69, 9.17) is 4.74 Å². The summed E-state index contributed by atoms with van der Waals surface area (Å²) in [5.41, 5.74) is 3.52. The number of methoxy groups -OCH3 is 1. The van der Waals surface area contributed by atoms with Crippen molar-refractivity contribution < 1.29 is 23.1 Å². The van der Waals surface area contributed by atoms with Gasteiger partial charge < -0.3 is 15.2 Å². The van der Waals surface area contributed by atoms with Crippen molar-refractivity contribution in [2.24, 2.45) is 0 Å². The van der Waals surface area contributed by atoms with Gasteiger partial charge in [-0.05, 0) is 71.8 Å². The summed E-state index contributed by atoms with van der Waals surface area (Å²) in [5.74, 6) is -0.114. The van der Waals surface area contributed by atoms with E-state index in [1.165, 1.54) is 36.6 Å². The van der Waals surface area contributed by atoms with E-state index in [-0.39, 0.29) is 10.5 Å². The van der Waals surface area contributed by atoms with Gasteiger partial charge in [-0.1, -0.05) is 0 Å². The highest BCUT2D eigenvalue weighted by atomic mass is 32.2. The molecule has 0 bridgehead atoms. The molecule has 0 saturated carbocycles. The molecule has 0 aliphatic rings. The lowest BCUT2D eigenvalue weighted by Gasteiger charge is -2.15. The van der Waals surface area contributed by atoms with Crippen LogP contribution in [0, 0.1) is 6.92 Å². The number of sulfone groups is 1. The zero-order valence-electron chi connectivity index (χ0n) is 18.1. The molecule has 33 heavy (non-hydrogen) atoms. The van der Waals surface area contributed by atoms with Crippen LogP contribution >= 0.6 is 11.3 Å². The summed E-state index contributed by atoms with van der Waals surface area (Å²) in [6.45, 7) is 1.87. The smallest absolute Gasteiger partial charge is 0.337 e. The lowest BCUT2D eigenvalue weighted by Crippen LogP contribution is -2.08. The molecule has 0 aliphatic heterocycles. The Hall–Kier alpha value is -3.63. The first-order chi connectivity index (χ1) is 15.7. The fourth-order valence-electron chi connectivity index (χ4n) is 3.48. The summed E-state index contributed by atoms with van der Waals surface area (Å²) in [5, 5.41) is 21.6. The summed E-state index contributed by atoms with van der Waals surface area (Å²) in [6, 6.07) is 13.1. The highest BCUT2D eigenvalue weighted by Crippen LogP contribution is 2.37. The van der Waals surface area contributed by atoms with Crippen molar-refractivity contribution in [1.82, 2.24) is 9.78 Å². The van der Waals surface area contributed by atoms with E-state index in [1.807, 2.05) is 23.8 Å². The van der Waals surface area contributed by atoms with E-state index in [2.05, 4.69) is 10.4 Å². The molecule has 2 aromatic carbocycles. The van der Waals surface area contributed by atoms with Crippen molar-refractivity contribution in [3.05, 3.63) is 70.5 Å². The molecule has 2 heterocycles. The van der Waals surface area contributed by atoms with E-state index in [1.54, 1.807) is 28.9 Å².